The van der Waals surface area contributed by atoms with Crippen LogP contribution in [0.3, 0.4) is 0 Å². The van der Waals surface area contributed by atoms with Crippen LogP contribution in [0.25, 0.3) is 0 Å². The van der Waals surface area contributed by atoms with Crippen molar-refractivity contribution < 1.29 is 23.9 Å². The Kier molecular flexibility index (Phi) is 9.54. The van der Waals surface area contributed by atoms with Gasteiger partial charge in [-0.05, 0) is 75.9 Å². The number of hydrogen-bond acceptors (Lipinski definition) is 5. The van der Waals surface area contributed by atoms with Crippen molar-refractivity contribution in [2.45, 2.75) is 65.1 Å². The molecule has 1 aliphatic heterocycles. The Morgan fingerprint density at radius 1 is 1.00 bits per heavy atom. The number of carbonyl (C=O) groups is 4. The van der Waals surface area contributed by atoms with Crippen LogP contribution >= 0.6 is 15.9 Å². The predicted octanol–water partition coefficient (Wildman–Crippen LogP) is 5.18. The highest BCUT2D eigenvalue weighted by molar-refractivity contribution is 9.10. The third-order valence-electron chi connectivity index (χ3n) is 5.96. The largest absolute Gasteiger partial charge is 0.444 e. The van der Waals surface area contributed by atoms with E-state index in [1.165, 1.54) is 4.90 Å². The lowest BCUT2D eigenvalue weighted by atomic mass is 10.0. The summed E-state index contributed by atoms with van der Waals surface area (Å²) in [6, 6.07) is 12.4. The van der Waals surface area contributed by atoms with Gasteiger partial charge in [0, 0.05) is 16.7 Å². The molecule has 3 N–H and O–H groups in total. The molecule has 2 aromatic rings. The highest BCUT2D eigenvalue weighted by Crippen LogP contribution is 2.26. The summed E-state index contributed by atoms with van der Waals surface area (Å²) in [5, 5.41) is 8.29. The first-order valence-electron chi connectivity index (χ1n) is 12.6. The van der Waals surface area contributed by atoms with Gasteiger partial charge < -0.3 is 25.6 Å². The molecule has 0 bridgehead atoms. The topological polar surface area (TPSA) is 117 Å². The maximum atomic E-state index is 13.6. The Labute approximate surface area is 231 Å². The normalized spacial score (nSPS) is 16.1. The first kappa shape index (κ1) is 29.2. The number of rotatable bonds is 7. The number of amides is 4. The number of ether oxygens (including phenoxy) is 1. The summed E-state index contributed by atoms with van der Waals surface area (Å²) in [7, 11) is 0. The molecule has 1 aliphatic rings. The lowest BCUT2D eigenvalue weighted by Gasteiger charge is -2.27. The quantitative estimate of drug-likeness (QED) is 0.413. The minimum Gasteiger partial charge on any atom is -0.444 e. The Morgan fingerprint density at radius 2 is 1.66 bits per heavy atom. The molecule has 10 heteroatoms. The molecule has 0 spiro atoms. The highest BCUT2D eigenvalue weighted by atomic mass is 79.9. The molecular formula is C28H35BrN4O5. The third-order valence-corrected chi connectivity index (χ3v) is 6.49. The summed E-state index contributed by atoms with van der Waals surface area (Å²) in [5.41, 5.74) is 0.501. The Balaban J connectivity index is 1.75. The number of anilines is 2. The number of halogens is 1. The van der Waals surface area contributed by atoms with E-state index in [0.29, 0.717) is 30.8 Å². The minimum absolute atomic E-state index is 0.240. The fourth-order valence-corrected chi connectivity index (χ4v) is 4.42. The molecule has 3 rings (SSSR count). The molecule has 2 atom stereocenters. The number of likely N-dealkylation sites (tertiary alicyclic amines) is 1. The second-order valence-corrected chi connectivity index (χ2v) is 11.5. The summed E-state index contributed by atoms with van der Waals surface area (Å²) >= 11 is 3.37. The molecule has 0 radical (unpaired) electrons. The van der Waals surface area contributed by atoms with E-state index < -0.39 is 29.7 Å². The molecule has 0 saturated carbocycles. The maximum absolute atomic E-state index is 13.6. The first-order valence-corrected chi connectivity index (χ1v) is 13.4. The van der Waals surface area contributed by atoms with Crippen LogP contribution in [-0.2, 0) is 14.3 Å². The van der Waals surface area contributed by atoms with Gasteiger partial charge in [0.05, 0.1) is 11.3 Å². The molecule has 0 unspecified atom stereocenters. The van der Waals surface area contributed by atoms with E-state index in [0.717, 1.165) is 4.47 Å². The Hall–Kier alpha value is -3.40. The van der Waals surface area contributed by atoms with Crippen molar-refractivity contribution in [1.29, 1.82) is 0 Å². The van der Waals surface area contributed by atoms with Crippen molar-refractivity contribution in [2.24, 2.45) is 5.92 Å². The summed E-state index contributed by atoms with van der Waals surface area (Å²) < 4.78 is 6.20. The number of alkyl carbamates (subject to hydrolysis) is 1. The van der Waals surface area contributed by atoms with E-state index in [9.17, 15) is 19.2 Å². The van der Waals surface area contributed by atoms with Crippen molar-refractivity contribution >= 4 is 51.1 Å². The van der Waals surface area contributed by atoms with E-state index >= 15 is 0 Å². The molecule has 1 fully saturated rings. The van der Waals surface area contributed by atoms with Gasteiger partial charge in [-0.3, -0.25) is 14.4 Å². The molecule has 4 amide bonds. The number of nitrogens with zero attached hydrogens (tertiary/aromatic N) is 1. The van der Waals surface area contributed by atoms with Gasteiger partial charge in [0.25, 0.3) is 5.91 Å². The number of benzene rings is 2. The number of hydrogen-bond donors (Lipinski definition) is 3. The molecule has 1 heterocycles. The van der Waals surface area contributed by atoms with Crippen LogP contribution < -0.4 is 16.0 Å². The van der Waals surface area contributed by atoms with Gasteiger partial charge in [-0.2, -0.15) is 0 Å². The Morgan fingerprint density at radius 3 is 2.29 bits per heavy atom. The molecule has 0 aromatic heterocycles. The van der Waals surface area contributed by atoms with Gasteiger partial charge in [0.15, 0.2) is 0 Å². The SMILES string of the molecule is CC(C)[C@@H](NC(=O)OC(C)(C)C)C(=O)Nc1ccccc1C(=O)N1CCC[C@H]1C(=O)Nc1ccc(Br)cc1. The predicted molar refractivity (Wildman–Crippen MR) is 150 cm³/mol. The average Bonchev–Trinajstić information content (AvgIpc) is 3.33. The molecule has 204 valence electrons. The third kappa shape index (κ3) is 7.80. The van der Waals surface area contributed by atoms with Gasteiger partial charge in [0.1, 0.15) is 17.7 Å². The number of nitrogens with one attached hydrogen (secondary N) is 3. The Bertz CT molecular complexity index is 1180. The number of carbonyl (C=O) groups excluding carboxylic acids is 4. The fourth-order valence-electron chi connectivity index (χ4n) is 4.15. The van der Waals surface area contributed by atoms with Crippen molar-refractivity contribution in [3.8, 4) is 0 Å². The lowest BCUT2D eigenvalue weighted by Crippen LogP contribution is -2.49. The van der Waals surface area contributed by atoms with E-state index in [2.05, 4.69) is 31.9 Å². The van der Waals surface area contributed by atoms with Crippen LogP contribution in [0.4, 0.5) is 16.2 Å². The van der Waals surface area contributed by atoms with E-state index in [4.69, 9.17) is 4.74 Å². The minimum atomic E-state index is -0.885. The van der Waals surface area contributed by atoms with E-state index in [-0.39, 0.29) is 23.3 Å². The smallest absolute Gasteiger partial charge is 0.408 e. The molecule has 0 aliphatic carbocycles. The summed E-state index contributed by atoms with van der Waals surface area (Å²) in [6.07, 6.45) is 0.526. The maximum Gasteiger partial charge on any atom is 0.408 e. The van der Waals surface area contributed by atoms with Crippen LogP contribution in [0, 0.1) is 5.92 Å². The van der Waals surface area contributed by atoms with Gasteiger partial charge in [-0.15, -0.1) is 0 Å². The number of para-hydroxylation sites is 1. The molecular weight excluding hydrogens is 552 g/mol. The first-order chi connectivity index (χ1) is 17.9. The van der Waals surface area contributed by atoms with E-state index in [1.54, 1.807) is 71.0 Å². The fraction of sp³-hybridized carbons (Fsp3) is 0.429. The second-order valence-electron chi connectivity index (χ2n) is 10.6. The second kappa shape index (κ2) is 12.4. The zero-order valence-electron chi connectivity index (χ0n) is 22.3. The van der Waals surface area contributed by atoms with Crippen LogP contribution in [0.1, 0.15) is 57.8 Å². The van der Waals surface area contributed by atoms with Gasteiger partial charge >= 0.3 is 6.09 Å². The van der Waals surface area contributed by atoms with E-state index in [1.807, 2.05) is 12.1 Å². The van der Waals surface area contributed by atoms with Crippen molar-refractivity contribution in [1.82, 2.24) is 10.2 Å². The standard InChI is InChI=1S/C28H35BrN4O5/c1-17(2)23(32-27(37)38-28(3,4)5)25(35)31-21-10-7-6-9-20(21)26(36)33-16-8-11-22(33)24(34)30-19-14-12-18(29)13-15-19/h6-7,9-10,12-15,17,22-23H,8,11,16H2,1-5H3,(H,30,34)(H,31,35)(H,32,37)/t22-,23+/m0/s1. The summed E-state index contributed by atoms with van der Waals surface area (Å²) in [6.45, 7) is 9.25. The zero-order chi connectivity index (χ0) is 28.0. The van der Waals surface area contributed by atoms with Crippen molar-refractivity contribution in [2.75, 3.05) is 17.2 Å². The summed E-state index contributed by atoms with van der Waals surface area (Å²) in [4.78, 5) is 53.7. The summed E-state index contributed by atoms with van der Waals surface area (Å²) in [5.74, 6) is -1.33. The van der Waals surface area contributed by atoms with Crippen LogP contribution in [0.2, 0.25) is 0 Å². The van der Waals surface area contributed by atoms with Crippen molar-refractivity contribution in [3.05, 3.63) is 58.6 Å². The molecule has 1 saturated heterocycles. The highest BCUT2D eigenvalue weighted by Gasteiger charge is 2.36. The average molecular weight is 588 g/mol. The van der Waals surface area contributed by atoms with Crippen LogP contribution in [0.15, 0.2) is 53.0 Å². The monoisotopic (exact) mass is 586 g/mol. The van der Waals surface area contributed by atoms with Crippen molar-refractivity contribution in [3.63, 3.8) is 0 Å². The van der Waals surface area contributed by atoms with Gasteiger partial charge in [-0.25, -0.2) is 4.79 Å². The van der Waals surface area contributed by atoms with Crippen LogP contribution in [-0.4, -0.2) is 52.9 Å². The van der Waals surface area contributed by atoms with Crippen LogP contribution in [0.5, 0.6) is 0 Å². The zero-order valence-corrected chi connectivity index (χ0v) is 23.9. The molecule has 2 aromatic carbocycles. The molecule has 9 nitrogen and oxygen atoms in total. The van der Waals surface area contributed by atoms with Gasteiger partial charge in [0.2, 0.25) is 11.8 Å². The lowest BCUT2D eigenvalue weighted by molar-refractivity contribution is -0.120. The van der Waals surface area contributed by atoms with Gasteiger partial charge in [-0.1, -0.05) is 41.9 Å². The molecule has 38 heavy (non-hydrogen) atoms.